The number of hydrogen-bond acceptors (Lipinski definition) is 2. The highest BCUT2D eigenvalue weighted by atomic mass is 16.4. The van der Waals surface area contributed by atoms with Gasteiger partial charge in [0.05, 0.1) is 0 Å². The molecular weight excluding hydrogens is 194 g/mol. The molecule has 0 aliphatic heterocycles. The third-order valence-electron chi connectivity index (χ3n) is 2.26. The van der Waals surface area contributed by atoms with E-state index in [1.165, 1.54) is 12.8 Å². The average molecular weight is 211 g/mol. The fourth-order valence-corrected chi connectivity index (χ4v) is 1.18. The van der Waals surface area contributed by atoms with Crippen LogP contribution in [0, 0.1) is 5.92 Å². The van der Waals surface area contributed by atoms with Gasteiger partial charge in [0, 0.05) is 13.0 Å². The molecule has 0 bridgehead atoms. The van der Waals surface area contributed by atoms with Crippen LogP contribution in [0.15, 0.2) is 12.2 Å². The lowest BCUT2D eigenvalue weighted by Gasteiger charge is -2.00. The maximum Gasteiger partial charge on any atom is 0.303 e. The van der Waals surface area contributed by atoms with Crippen LogP contribution in [0.4, 0.5) is 0 Å². The number of amides is 1. The molecule has 1 aliphatic rings. The number of carbonyl (C=O) groups excluding carboxylic acids is 1. The fraction of sp³-hybridized carbons (Fsp3) is 0.636. The average Bonchev–Trinajstić information content (AvgIpc) is 2.97. The van der Waals surface area contributed by atoms with E-state index in [9.17, 15) is 9.59 Å². The first-order valence-corrected chi connectivity index (χ1v) is 5.36. The van der Waals surface area contributed by atoms with Gasteiger partial charge in [-0.2, -0.15) is 0 Å². The van der Waals surface area contributed by atoms with Crippen LogP contribution in [-0.2, 0) is 9.59 Å². The minimum Gasteiger partial charge on any atom is -0.481 e. The lowest BCUT2D eigenvalue weighted by Crippen LogP contribution is -2.22. The second-order valence-electron chi connectivity index (χ2n) is 3.84. The van der Waals surface area contributed by atoms with Gasteiger partial charge in [0.15, 0.2) is 0 Å². The third kappa shape index (κ3) is 6.71. The largest absolute Gasteiger partial charge is 0.481 e. The monoisotopic (exact) mass is 211 g/mol. The van der Waals surface area contributed by atoms with Gasteiger partial charge in [-0.25, -0.2) is 0 Å². The summed E-state index contributed by atoms with van der Waals surface area (Å²) in [5.74, 6) is -0.241. The molecule has 0 heterocycles. The van der Waals surface area contributed by atoms with Crippen molar-refractivity contribution < 1.29 is 14.7 Å². The molecule has 0 radical (unpaired) electrons. The first kappa shape index (κ1) is 11.8. The Balaban J connectivity index is 1.94. The molecular formula is C11H17NO3. The summed E-state index contributed by atoms with van der Waals surface area (Å²) in [5, 5.41) is 11.1. The molecule has 0 aromatic heterocycles. The summed E-state index contributed by atoms with van der Waals surface area (Å²) in [6.07, 6.45) is 7.41. The Hall–Kier alpha value is -1.32. The van der Waals surface area contributed by atoms with E-state index >= 15 is 0 Å². The van der Waals surface area contributed by atoms with Crippen LogP contribution in [0.3, 0.4) is 0 Å². The summed E-state index contributed by atoms with van der Waals surface area (Å²) in [6.45, 7) is 0.557. The highest BCUT2D eigenvalue weighted by Gasteiger charge is 2.17. The second-order valence-corrected chi connectivity index (χ2v) is 3.84. The van der Waals surface area contributed by atoms with Crippen molar-refractivity contribution >= 4 is 11.9 Å². The predicted octanol–water partition coefficient (Wildman–Crippen LogP) is 1.32. The summed E-state index contributed by atoms with van der Waals surface area (Å²) < 4.78 is 0. The smallest absolute Gasteiger partial charge is 0.303 e. The van der Waals surface area contributed by atoms with Crippen LogP contribution < -0.4 is 5.32 Å². The number of hydrogen-bond donors (Lipinski definition) is 2. The maximum atomic E-state index is 11.2. The van der Waals surface area contributed by atoms with Crippen molar-refractivity contribution in [1.82, 2.24) is 5.32 Å². The van der Waals surface area contributed by atoms with E-state index in [2.05, 4.69) is 5.32 Å². The zero-order chi connectivity index (χ0) is 11.1. The maximum absolute atomic E-state index is 11.2. The number of aliphatic carboxylic acids is 1. The summed E-state index contributed by atoms with van der Waals surface area (Å²) >= 11 is 0. The summed E-state index contributed by atoms with van der Waals surface area (Å²) in [5.41, 5.74) is 0. The third-order valence-corrected chi connectivity index (χ3v) is 2.26. The quantitative estimate of drug-likeness (QED) is 0.493. The Morgan fingerprint density at radius 3 is 2.67 bits per heavy atom. The molecule has 15 heavy (non-hydrogen) atoms. The summed E-state index contributed by atoms with van der Waals surface area (Å²) in [7, 11) is 0. The molecule has 84 valence electrons. The Morgan fingerprint density at radius 2 is 2.07 bits per heavy atom. The molecule has 1 amide bonds. The number of carboxylic acids is 1. The topological polar surface area (TPSA) is 66.4 Å². The zero-order valence-electron chi connectivity index (χ0n) is 8.74. The van der Waals surface area contributed by atoms with Crippen molar-refractivity contribution in [3.05, 3.63) is 12.2 Å². The summed E-state index contributed by atoms with van der Waals surface area (Å²) in [6, 6.07) is 0. The van der Waals surface area contributed by atoms with Gasteiger partial charge in [0.1, 0.15) is 0 Å². The molecule has 0 aromatic carbocycles. The number of carbonyl (C=O) groups is 2. The van der Waals surface area contributed by atoms with Crippen LogP contribution >= 0.6 is 0 Å². The van der Waals surface area contributed by atoms with E-state index in [0.717, 1.165) is 6.42 Å². The molecule has 4 nitrogen and oxygen atoms in total. The van der Waals surface area contributed by atoms with Gasteiger partial charge >= 0.3 is 5.97 Å². The Morgan fingerprint density at radius 1 is 1.33 bits per heavy atom. The predicted molar refractivity (Wildman–Crippen MR) is 56.4 cm³/mol. The van der Waals surface area contributed by atoms with Crippen LogP contribution in [0.5, 0.6) is 0 Å². The molecule has 4 heteroatoms. The highest BCUT2D eigenvalue weighted by molar-refractivity contribution is 5.87. The van der Waals surface area contributed by atoms with Gasteiger partial charge in [-0.1, -0.05) is 6.08 Å². The molecule has 0 atom stereocenters. The molecule has 0 unspecified atom stereocenters. The Bertz CT molecular complexity index is 257. The van der Waals surface area contributed by atoms with E-state index < -0.39 is 5.97 Å². The zero-order valence-corrected chi connectivity index (χ0v) is 8.74. The summed E-state index contributed by atoms with van der Waals surface area (Å²) in [4.78, 5) is 21.3. The van der Waals surface area contributed by atoms with Gasteiger partial charge in [-0.3, -0.25) is 9.59 Å². The fourth-order valence-electron chi connectivity index (χ4n) is 1.18. The van der Waals surface area contributed by atoms with Crippen LogP contribution in [0.2, 0.25) is 0 Å². The Kier molecular flexibility index (Phi) is 4.87. The van der Waals surface area contributed by atoms with Gasteiger partial charge in [-0.15, -0.1) is 0 Å². The van der Waals surface area contributed by atoms with Gasteiger partial charge in [0.25, 0.3) is 0 Å². The van der Waals surface area contributed by atoms with Crippen molar-refractivity contribution in [2.75, 3.05) is 6.54 Å². The number of nitrogens with one attached hydrogen (secondary N) is 1. The van der Waals surface area contributed by atoms with Crippen molar-refractivity contribution in [2.24, 2.45) is 5.92 Å². The van der Waals surface area contributed by atoms with Gasteiger partial charge < -0.3 is 10.4 Å². The van der Waals surface area contributed by atoms with Crippen LogP contribution in [-0.4, -0.2) is 23.5 Å². The number of rotatable bonds is 7. The SMILES string of the molecule is O=C(O)CCCCNC(=O)/C=C/C1CC1. The van der Waals surface area contributed by atoms with E-state index in [1.54, 1.807) is 6.08 Å². The minimum absolute atomic E-state index is 0.0720. The van der Waals surface area contributed by atoms with Gasteiger partial charge in [0.2, 0.25) is 5.91 Å². The van der Waals surface area contributed by atoms with Crippen LogP contribution in [0.1, 0.15) is 32.1 Å². The van der Waals surface area contributed by atoms with Crippen molar-refractivity contribution in [3.8, 4) is 0 Å². The number of unbranched alkanes of at least 4 members (excludes halogenated alkanes) is 1. The molecule has 1 saturated carbocycles. The van der Waals surface area contributed by atoms with E-state index in [0.29, 0.717) is 18.9 Å². The first-order valence-electron chi connectivity index (χ1n) is 5.36. The number of allylic oxidation sites excluding steroid dienone is 1. The van der Waals surface area contributed by atoms with E-state index in [-0.39, 0.29) is 12.3 Å². The van der Waals surface area contributed by atoms with E-state index in [4.69, 9.17) is 5.11 Å². The second kappa shape index (κ2) is 6.22. The van der Waals surface area contributed by atoms with Crippen LogP contribution in [0.25, 0.3) is 0 Å². The minimum atomic E-state index is -0.782. The molecule has 2 N–H and O–H groups in total. The van der Waals surface area contributed by atoms with E-state index in [1.807, 2.05) is 6.08 Å². The molecule has 0 aromatic rings. The molecule has 0 spiro atoms. The highest BCUT2D eigenvalue weighted by Crippen LogP contribution is 2.29. The standard InChI is InChI=1S/C11H17NO3/c13-10(7-6-9-4-5-9)12-8-2-1-3-11(14)15/h6-7,9H,1-5,8H2,(H,12,13)(H,14,15)/b7-6+. The lowest BCUT2D eigenvalue weighted by molar-refractivity contribution is -0.137. The first-order chi connectivity index (χ1) is 7.18. The normalized spacial score (nSPS) is 15.5. The van der Waals surface area contributed by atoms with Crippen molar-refractivity contribution in [1.29, 1.82) is 0 Å². The molecule has 0 saturated heterocycles. The number of carboxylic acid groups (broad SMARTS) is 1. The Labute approximate surface area is 89.4 Å². The molecule has 1 fully saturated rings. The van der Waals surface area contributed by atoms with Crippen molar-refractivity contribution in [2.45, 2.75) is 32.1 Å². The lowest BCUT2D eigenvalue weighted by atomic mass is 10.2. The van der Waals surface area contributed by atoms with Gasteiger partial charge in [-0.05, 0) is 37.7 Å². The molecule has 1 aliphatic carbocycles. The molecule has 1 rings (SSSR count). The van der Waals surface area contributed by atoms with Crippen molar-refractivity contribution in [3.63, 3.8) is 0 Å².